The number of carbonyl (C=O) groups is 1. The second-order valence-corrected chi connectivity index (χ2v) is 5.14. The molecule has 2 N–H and O–H groups in total. The molecule has 1 heterocycles. The minimum Gasteiger partial charge on any atom is -0.497 e. The number of carbonyl (C=O) groups excluding carboxylic acids is 1. The van der Waals surface area contributed by atoms with Gasteiger partial charge in [-0.2, -0.15) is 0 Å². The van der Waals surface area contributed by atoms with Crippen LogP contribution in [-0.4, -0.2) is 29.7 Å². The molecule has 8 heteroatoms. The summed E-state index contributed by atoms with van der Waals surface area (Å²) in [6.07, 6.45) is 1.28. The summed E-state index contributed by atoms with van der Waals surface area (Å²) in [5.41, 5.74) is -0.394. The van der Waals surface area contributed by atoms with Gasteiger partial charge in [0.15, 0.2) is 0 Å². The van der Waals surface area contributed by atoms with Crippen LogP contribution < -0.4 is 26.0 Å². The quantitative estimate of drug-likeness (QED) is 0.798. The van der Waals surface area contributed by atoms with Crippen LogP contribution >= 0.6 is 0 Å². The average molecular weight is 333 g/mol. The van der Waals surface area contributed by atoms with Gasteiger partial charge in [0.05, 0.1) is 20.3 Å². The number of aromatic nitrogens is 2. The number of benzene rings is 1. The van der Waals surface area contributed by atoms with Crippen molar-refractivity contribution in [3.8, 4) is 11.5 Å². The third kappa shape index (κ3) is 4.03. The van der Waals surface area contributed by atoms with Gasteiger partial charge in [-0.15, -0.1) is 0 Å². The van der Waals surface area contributed by atoms with Crippen LogP contribution in [0.1, 0.15) is 18.5 Å². The highest BCUT2D eigenvalue weighted by atomic mass is 16.5. The zero-order valence-corrected chi connectivity index (χ0v) is 13.7. The fraction of sp³-hybridized carbons (Fsp3) is 0.312. The van der Waals surface area contributed by atoms with Gasteiger partial charge in [-0.3, -0.25) is 19.1 Å². The molecule has 0 unspecified atom stereocenters. The SMILES string of the molecule is COc1ccc(OC)c([C@@H](C)NC(=O)Cn2ccc(=O)[nH]c2=O)c1. The van der Waals surface area contributed by atoms with E-state index in [0.29, 0.717) is 11.5 Å². The number of nitrogens with zero attached hydrogens (tertiary/aromatic N) is 1. The maximum atomic E-state index is 12.2. The molecular formula is C16H19N3O5. The van der Waals surface area contributed by atoms with Crippen molar-refractivity contribution in [2.75, 3.05) is 14.2 Å². The molecule has 0 aliphatic rings. The van der Waals surface area contributed by atoms with Gasteiger partial charge in [-0.1, -0.05) is 0 Å². The zero-order valence-electron chi connectivity index (χ0n) is 13.7. The van der Waals surface area contributed by atoms with E-state index in [0.717, 1.165) is 10.1 Å². The molecule has 0 saturated heterocycles. The monoisotopic (exact) mass is 333 g/mol. The highest BCUT2D eigenvalue weighted by molar-refractivity contribution is 5.76. The minimum atomic E-state index is -0.635. The summed E-state index contributed by atoms with van der Waals surface area (Å²) < 4.78 is 11.6. The number of hydrogen-bond acceptors (Lipinski definition) is 5. The van der Waals surface area contributed by atoms with E-state index in [1.165, 1.54) is 12.3 Å². The standard InChI is InChI=1S/C16H19N3O5/c1-10(12-8-11(23-2)4-5-13(12)24-3)17-15(21)9-19-7-6-14(20)18-16(19)22/h4-8,10H,9H2,1-3H3,(H,17,21)(H,18,20,22)/t10-/m1/s1. The first-order valence-corrected chi connectivity index (χ1v) is 7.25. The number of aromatic amines is 1. The molecule has 0 saturated carbocycles. The maximum absolute atomic E-state index is 12.2. The van der Waals surface area contributed by atoms with Crippen molar-refractivity contribution in [3.63, 3.8) is 0 Å². The van der Waals surface area contributed by atoms with Crippen molar-refractivity contribution in [2.45, 2.75) is 19.5 Å². The number of ether oxygens (including phenoxy) is 2. The van der Waals surface area contributed by atoms with Crippen molar-refractivity contribution in [3.05, 3.63) is 56.9 Å². The van der Waals surface area contributed by atoms with Gasteiger partial charge >= 0.3 is 5.69 Å². The lowest BCUT2D eigenvalue weighted by molar-refractivity contribution is -0.122. The van der Waals surface area contributed by atoms with E-state index in [1.807, 2.05) is 0 Å². The van der Waals surface area contributed by atoms with E-state index in [-0.39, 0.29) is 18.5 Å². The average Bonchev–Trinajstić information content (AvgIpc) is 2.56. The lowest BCUT2D eigenvalue weighted by Crippen LogP contribution is -2.36. The Bertz CT molecular complexity index is 840. The highest BCUT2D eigenvalue weighted by Gasteiger charge is 2.15. The molecule has 1 atom stereocenters. The van der Waals surface area contributed by atoms with Crippen molar-refractivity contribution in [1.82, 2.24) is 14.9 Å². The van der Waals surface area contributed by atoms with Crippen LogP contribution in [0.4, 0.5) is 0 Å². The van der Waals surface area contributed by atoms with Crippen LogP contribution in [0.15, 0.2) is 40.1 Å². The Morgan fingerprint density at radius 2 is 2.00 bits per heavy atom. The van der Waals surface area contributed by atoms with Crippen molar-refractivity contribution in [1.29, 1.82) is 0 Å². The summed E-state index contributed by atoms with van der Waals surface area (Å²) in [6, 6.07) is 6.11. The normalized spacial score (nSPS) is 11.6. The minimum absolute atomic E-state index is 0.202. The van der Waals surface area contributed by atoms with Gasteiger partial charge in [-0.25, -0.2) is 4.79 Å². The molecule has 1 aromatic heterocycles. The second kappa shape index (κ2) is 7.49. The fourth-order valence-corrected chi connectivity index (χ4v) is 2.27. The molecule has 0 bridgehead atoms. The molecule has 0 fully saturated rings. The molecular weight excluding hydrogens is 314 g/mol. The summed E-state index contributed by atoms with van der Waals surface area (Å²) >= 11 is 0. The molecule has 8 nitrogen and oxygen atoms in total. The molecule has 0 aliphatic heterocycles. The second-order valence-electron chi connectivity index (χ2n) is 5.14. The Labute approximate surface area is 138 Å². The first-order chi connectivity index (χ1) is 11.4. The van der Waals surface area contributed by atoms with E-state index >= 15 is 0 Å². The van der Waals surface area contributed by atoms with E-state index in [1.54, 1.807) is 39.3 Å². The van der Waals surface area contributed by atoms with Crippen molar-refractivity contribution >= 4 is 5.91 Å². The number of nitrogens with one attached hydrogen (secondary N) is 2. The summed E-state index contributed by atoms with van der Waals surface area (Å²) in [5.74, 6) is 0.884. The Morgan fingerprint density at radius 1 is 1.25 bits per heavy atom. The largest absolute Gasteiger partial charge is 0.497 e. The maximum Gasteiger partial charge on any atom is 0.328 e. The van der Waals surface area contributed by atoms with Crippen LogP contribution in [0, 0.1) is 0 Å². The van der Waals surface area contributed by atoms with E-state index in [2.05, 4.69) is 10.3 Å². The lowest BCUT2D eigenvalue weighted by atomic mass is 10.1. The van der Waals surface area contributed by atoms with E-state index in [4.69, 9.17) is 9.47 Å². The predicted octanol–water partition coefficient (Wildman–Crippen LogP) is 0.431. The summed E-state index contributed by atoms with van der Waals surface area (Å²) in [5, 5.41) is 2.79. The van der Waals surface area contributed by atoms with Gasteiger partial charge in [0.25, 0.3) is 5.56 Å². The highest BCUT2D eigenvalue weighted by Crippen LogP contribution is 2.29. The summed E-state index contributed by atoms with van der Waals surface area (Å²) in [7, 11) is 3.09. The number of methoxy groups -OCH3 is 2. The smallest absolute Gasteiger partial charge is 0.328 e. The van der Waals surface area contributed by atoms with Crippen LogP contribution in [0.2, 0.25) is 0 Å². The number of hydrogen-bond donors (Lipinski definition) is 2. The Morgan fingerprint density at radius 3 is 2.62 bits per heavy atom. The Kier molecular flexibility index (Phi) is 5.41. The van der Waals surface area contributed by atoms with Crippen LogP contribution in [0.25, 0.3) is 0 Å². The van der Waals surface area contributed by atoms with Gasteiger partial charge in [0.1, 0.15) is 18.0 Å². The molecule has 1 aromatic carbocycles. The number of rotatable bonds is 6. The lowest BCUT2D eigenvalue weighted by Gasteiger charge is -2.18. The van der Waals surface area contributed by atoms with E-state index in [9.17, 15) is 14.4 Å². The molecule has 128 valence electrons. The third-order valence-corrected chi connectivity index (χ3v) is 3.49. The first kappa shape index (κ1) is 17.3. The molecule has 2 aromatic rings. The van der Waals surface area contributed by atoms with Crippen molar-refractivity contribution in [2.24, 2.45) is 0 Å². The third-order valence-electron chi connectivity index (χ3n) is 3.49. The molecule has 24 heavy (non-hydrogen) atoms. The van der Waals surface area contributed by atoms with Crippen LogP contribution in [0.5, 0.6) is 11.5 Å². The molecule has 2 rings (SSSR count). The molecule has 1 amide bonds. The molecule has 0 radical (unpaired) electrons. The van der Waals surface area contributed by atoms with Crippen molar-refractivity contribution < 1.29 is 14.3 Å². The molecule has 0 spiro atoms. The van der Waals surface area contributed by atoms with Crippen LogP contribution in [0.3, 0.4) is 0 Å². The Balaban J connectivity index is 2.14. The fourth-order valence-electron chi connectivity index (χ4n) is 2.27. The van der Waals surface area contributed by atoms with E-state index < -0.39 is 11.2 Å². The zero-order chi connectivity index (χ0) is 17.7. The van der Waals surface area contributed by atoms with Gasteiger partial charge in [0.2, 0.25) is 5.91 Å². The number of amides is 1. The summed E-state index contributed by atoms with van der Waals surface area (Å²) in [4.78, 5) is 36.9. The number of H-pyrrole nitrogens is 1. The predicted molar refractivity (Wildman–Crippen MR) is 87.4 cm³/mol. The Hall–Kier alpha value is -3.03. The van der Waals surface area contributed by atoms with Gasteiger partial charge < -0.3 is 14.8 Å². The summed E-state index contributed by atoms with van der Waals surface area (Å²) in [6.45, 7) is 1.59. The van der Waals surface area contributed by atoms with Crippen LogP contribution in [-0.2, 0) is 11.3 Å². The first-order valence-electron chi connectivity index (χ1n) is 7.25. The van der Waals surface area contributed by atoms with Gasteiger partial charge in [-0.05, 0) is 25.1 Å². The van der Waals surface area contributed by atoms with Gasteiger partial charge in [0, 0.05) is 17.8 Å². The molecule has 0 aliphatic carbocycles. The topological polar surface area (TPSA) is 102 Å².